The number of methoxy groups -OCH3 is 2. The summed E-state index contributed by atoms with van der Waals surface area (Å²) in [6.07, 6.45) is 10.1. The van der Waals surface area contributed by atoms with Crippen LogP contribution in [0, 0.1) is 6.92 Å². The van der Waals surface area contributed by atoms with Crippen LogP contribution in [0.25, 0.3) is 12.2 Å². The first-order valence-electron chi connectivity index (χ1n) is 13.8. The van der Waals surface area contributed by atoms with Gasteiger partial charge >= 0.3 is 11.9 Å². The summed E-state index contributed by atoms with van der Waals surface area (Å²) >= 11 is 0. The number of allylic oxidation sites excluding steroid dienone is 9. The summed E-state index contributed by atoms with van der Waals surface area (Å²) in [4.78, 5) is 42.4. The number of rotatable bonds is 6. The summed E-state index contributed by atoms with van der Waals surface area (Å²) in [5.41, 5.74) is 10.4. The molecular weight excluding hydrogens is 532 g/mol. The van der Waals surface area contributed by atoms with E-state index < -0.39 is 0 Å². The van der Waals surface area contributed by atoms with Crippen LogP contribution in [0.4, 0.5) is 0 Å². The van der Waals surface area contributed by atoms with Crippen LogP contribution >= 0.6 is 0 Å². The first-order valence-corrected chi connectivity index (χ1v) is 13.8. The maximum atomic E-state index is 12.1. The van der Waals surface area contributed by atoms with Crippen molar-refractivity contribution in [1.29, 1.82) is 0 Å². The highest BCUT2D eigenvalue weighted by Crippen LogP contribution is 2.35. The molecule has 0 aromatic carbocycles. The van der Waals surface area contributed by atoms with Gasteiger partial charge in [0.05, 0.1) is 54.7 Å². The highest BCUT2D eigenvalue weighted by molar-refractivity contribution is 6.24. The van der Waals surface area contributed by atoms with Gasteiger partial charge in [-0.05, 0) is 104 Å². The van der Waals surface area contributed by atoms with Gasteiger partial charge in [-0.1, -0.05) is 0 Å². The Morgan fingerprint density at radius 1 is 0.786 bits per heavy atom. The van der Waals surface area contributed by atoms with Crippen LogP contribution in [0.5, 0.6) is 0 Å². The second-order valence-electron chi connectivity index (χ2n) is 10.6. The van der Waals surface area contributed by atoms with Crippen molar-refractivity contribution in [2.75, 3.05) is 14.2 Å². The molecule has 0 radical (unpaired) electrons. The monoisotopic (exact) mass is 566 g/mol. The lowest BCUT2D eigenvalue weighted by Gasteiger charge is -2.08. The molecule has 0 saturated carbocycles. The van der Waals surface area contributed by atoms with Gasteiger partial charge in [-0.3, -0.25) is 9.59 Å². The van der Waals surface area contributed by atoms with Crippen LogP contribution in [0.15, 0.2) is 90.0 Å². The molecule has 0 unspecified atom stereocenters. The van der Waals surface area contributed by atoms with Crippen molar-refractivity contribution in [2.24, 2.45) is 15.0 Å². The number of nitrogens with zero attached hydrogens (tertiary/aromatic N) is 3. The number of aromatic amines is 1. The maximum absolute atomic E-state index is 12.1. The summed E-state index contributed by atoms with van der Waals surface area (Å²) < 4.78 is 9.81. The SMILES string of the molecule is COC(=O)CCC1=C(C)C2=NC1=CC1=NC(=CC3=NC(=C(C)C3=CO)C=c3cc(C)c([nH]3)=C2)C(C)=C1CCC(=O)OC. The van der Waals surface area contributed by atoms with Gasteiger partial charge in [-0.25, -0.2) is 15.0 Å². The number of ether oxygens (including phenoxy) is 2. The van der Waals surface area contributed by atoms with Crippen LogP contribution in [-0.2, 0) is 19.1 Å². The topological polar surface area (TPSA) is 126 Å². The van der Waals surface area contributed by atoms with E-state index in [0.717, 1.165) is 61.8 Å². The predicted octanol–water partition coefficient (Wildman–Crippen LogP) is 4.28. The van der Waals surface area contributed by atoms with Crippen LogP contribution in [0.3, 0.4) is 0 Å². The van der Waals surface area contributed by atoms with Crippen molar-refractivity contribution in [3.05, 3.63) is 91.3 Å². The van der Waals surface area contributed by atoms with Gasteiger partial charge in [0, 0.05) is 29.1 Å². The predicted molar refractivity (Wildman–Crippen MR) is 163 cm³/mol. The fraction of sp³-hybridized carbons (Fsp3) is 0.303. The van der Waals surface area contributed by atoms with Crippen molar-refractivity contribution < 1.29 is 24.2 Å². The lowest BCUT2D eigenvalue weighted by atomic mass is 9.96. The Morgan fingerprint density at radius 3 is 2.10 bits per heavy atom. The summed E-state index contributed by atoms with van der Waals surface area (Å²) in [7, 11) is 2.76. The number of esters is 2. The van der Waals surface area contributed by atoms with Crippen molar-refractivity contribution in [3.8, 4) is 0 Å². The molecule has 4 aliphatic rings. The van der Waals surface area contributed by atoms with E-state index in [0.29, 0.717) is 41.2 Å². The average Bonchev–Trinajstić information content (AvgIpc) is 3.65. The molecule has 9 heteroatoms. The van der Waals surface area contributed by atoms with Gasteiger partial charge in [0.25, 0.3) is 0 Å². The number of hydrogen-bond donors (Lipinski definition) is 2. The van der Waals surface area contributed by atoms with Gasteiger partial charge in [-0.2, -0.15) is 0 Å². The molecule has 0 atom stereocenters. The fourth-order valence-corrected chi connectivity index (χ4v) is 5.45. The van der Waals surface area contributed by atoms with Gasteiger partial charge in [0.2, 0.25) is 0 Å². The number of aliphatic imine (C=N–C) groups is 3. The van der Waals surface area contributed by atoms with Crippen molar-refractivity contribution in [2.45, 2.75) is 53.4 Å². The first-order chi connectivity index (χ1) is 20.1. The van der Waals surface area contributed by atoms with E-state index in [9.17, 15) is 14.7 Å². The highest BCUT2D eigenvalue weighted by Gasteiger charge is 2.27. The fourth-order valence-electron chi connectivity index (χ4n) is 5.45. The molecule has 0 amide bonds. The third-order valence-electron chi connectivity index (χ3n) is 8.02. The Balaban J connectivity index is 1.75. The van der Waals surface area contributed by atoms with E-state index in [2.05, 4.69) is 11.1 Å². The number of aliphatic hydroxyl groups is 1. The van der Waals surface area contributed by atoms with Crippen molar-refractivity contribution in [1.82, 2.24) is 4.98 Å². The number of aromatic nitrogens is 1. The molecule has 42 heavy (non-hydrogen) atoms. The Kier molecular flexibility index (Phi) is 7.93. The van der Waals surface area contributed by atoms with E-state index in [4.69, 9.17) is 24.5 Å². The minimum atomic E-state index is -0.311. The number of nitrogens with one attached hydrogen (secondary N) is 1. The standard InChI is InChI=1S/C33H34N4O5/c1-17-11-21-12-26-20(4)24(16-38)31(35-26)14-28-19(3)23(8-10-33(40)42-6)30(37-28)15-29-22(7-9-32(39)41-5)18(2)27(36-29)13-25(17)34-21/h11-16,34,38H,7-10H2,1-6H3. The molecule has 216 valence electrons. The number of aliphatic hydroxyl groups excluding tert-OH is 1. The van der Waals surface area contributed by atoms with Crippen molar-refractivity contribution >= 4 is 41.2 Å². The number of carbonyl (C=O) groups excluding carboxylic acids is 2. The molecule has 1 aromatic rings. The minimum absolute atomic E-state index is 0.196. The van der Waals surface area contributed by atoms with E-state index in [1.54, 1.807) is 0 Å². The number of H-pyrrole nitrogens is 1. The quantitative estimate of drug-likeness (QED) is 0.393. The molecule has 0 fully saturated rings. The molecule has 0 saturated heterocycles. The Hall–Kier alpha value is -4.79. The van der Waals surface area contributed by atoms with Gasteiger partial charge in [0.15, 0.2) is 0 Å². The van der Waals surface area contributed by atoms with Gasteiger partial charge < -0.3 is 19.6 Å². The minimum Gasteiger partial charge on any atom is -0.515 e. The molecule has 8 bridgehead atoms. The zero-order chi connectivity index (χ0) is 30.1. The zero-order valence-corrected chi connectivity index (χ0v) is 24.7. The Morgan fingerprint density at radius 2 is 1.43 bits per heavy atom. The van der Waals surface area contributed by atoms with Crippen molar-refractivity contribution in [3.63, 3.8) is 0 Å². The number of carbonyl (C=O) groups is 2. The van der Waals surface area contributed by atoms with E-state index >= 15 is 0 Å². The van der Waals surface area contributed by atoms with E-state index in [1.165, 1.54) is 14.2 Å². The summed E-state index contributed by atoms with van der Waals surface area (Å²) in [6, 6.07) is 2.05. The largest absolute Gasteiger partial charge is 0.515 e. The lowest BCUT2D eigenvalue weighted by Crippen LogP contribution is -2.13. The van der Waals surface area contributed by atoms with Crippen LogP contribution < -0.4 is 10.7 Å². The summed E-state index contributed by atoms with van der Waals surface area (Å²) in [5.74, 6) is -0.605. The number of fused-ring (bicyclic) bond motifs is 5. The van der Waals surface area contributed by atoms with E-state index in [1.807, 2.05) is 52.0 Å². The molecule has 9 nitrogen and oxygen atoms in total. The second kappa shape index (κ2) is 11.6. The first kappa shape index (κ1) is 28.7. The van der Waals surface area contributed by atoms with E-state index in [-0.39, 0.29) is 24.8 Å². The molecule has 5 heterocycles. The van der Waals surface area contributed by atoms with Crippen LogP contribution in [0.2, 0.25) is 0 Å². The molecule has 4 aliphatic heterocycles. The second-order valence-corrected chi connectivity index (χ2v) is 10.6. The number of aryl methyl sites for hydroxylation is 1. The molecule has 1 aromatic heterocycles. The highest BCUT2D eigenvalue weighted by atomic mass is 16.5. The molecule has 0 spiro atoms. The van der Waals surface area contributed by atoms with Crippen LogP contribution in [0.1, 0.15) is 52.0 Å². The molecule has 5 rings (SSSR count). The molecule has 2 N–H and O–H groups in total. The summed E-state index contributed by atoms with van der Waals surface area (Å²) in [5, 5.41) is 11.9. The molecular formula is C33H34N4O5. The third kappa shape index (κ3) is 5.42. The normalized spacial score (nSPS) is 18.8. The lowest BCUT2D eigenvalue weighted by molar-refractivity contribution is -0.141. The smallest absolute Gasteiger partial charge is 0.305 e. The Bertz CT molecular complexity index is 1820. The zero-order valence-electron chi connectivity index (χ0n) is 24.7. The number of hydrogen-bond acceptors (Lipinski definition) is 8. The molecule has 0 aliphatic carbocycles. The van der Waals surface area contributed by atoms with Crippen LogP contribution in [-0.4, -0.2) is 53.4 Å². The maximum Gasteiger partial charge on any atom is 0.305 e. The van der Waals surface area contributed by atoms with Gasteiger partial charge in [-0.15, -0.1) is 0 Å². The third-order valence-corrected chi connectivity index (χ3v) is 8.02. The van der Waals surface area contributed by atoms with Gasteiger partial charge in [0.1, 0.15) is 0 Å². The average molecular weight is 567 g/mol. The summed E-state index contributed by atoms with van der Waals surface area (Å²) in [6.45, 7) is 7.93. The Labute approximate surface area is 244 Å².